The Morgan fingerprint density at radius 3 is 2.73 bits per heavy atom. The predicted octanol–water partition coefficient (Wildman–Crippen LogP) is 2.88. The van der Waals surface area contributed by atoms with Gasteiger partial charge in [-0.1, -0.05) is 35.9 Å². The van der Waals surface area contributed by atoms with Crippen LogP contribution in [0, 0.1) is 0 Å². The highest BCUT2D eigenvalue weighted by molar-refractivity contribution is 6.30. The number of amides is 1. The molecule has 114 valence electrons. The van der Waals surface area contributed by atoms with Crippen LogP contribution in [0.5, 0.6) is 11.5 Å². The molecular formula is C16H15ClN2O3. The van der Waals surface area contributed by atoms with Crippen LogP contribution < -0.4 is 14.9 Å². The molecule has 0 heterocycles. The maximum Gasteiger partial charge on any atom is 0.277 e. The summed E-state index contributed by atoms with van der Waals surface area (Å²) in [6.07, 6.45) is 1.51. The number of hydrogen-bond donors (Lipinski definition) is 1. The van der Waals surface area contributed by atoms with Crippen LogP contribution in [0.25, 0.3) is 0 Å². The number of ether oxygens (including phenoxy) is 2. The van der Waals surface area contributed by atoms with E-state index in [2.05, 4.69) is 10.5 Å². The van der Waals surface area contributed by atoms with Gasteiger partial charge in [0.15, 0.2) is 18.1 Å². The number of para-hydroxylation sites is 2. The largest absolute Gasteiger partial charge is 0.493 e. The molecule has 1 amide bonds. The molecule has 0 aliphatic rings. The number of carbonyl (C=O) groups is 1. The van der Waals surface area contributed by atoms with Gasteiger partial charge in [0.1, 0.15) is 0 Å². The van der Waals surface area contributed by atoms with E-state index in [4.69, 9.17) is 21.1 Å². The van der Waals surface area contributed by atoms with Crippen molar-refractivity contribution < 1.29 is 14.3 Å². The van der Waals surface area contributed by atoms with Crippen molar-refractivity contribution in [1.82, 2.24) is 5.43 Å². The summed E-state index contributed by atoms with van der Waals surface area (Å²) in [5, 5.41) is 4.45. The second-order valence-corrected chi connectivity index (χ2v) is 4.72. The molecule has 6 heteroatoms. The molecule has 2 aromatic carbocycles. The summed E-state index contributed by atoms with van der Waals surface area (Å²) in [5.41, 5.74) is 3.17. The van der Waals surface area contributed by atoms with Crippen LogP contribution >= 0.6 is 11.6 Å². The molecule has 0 atom stereocenters. The van der Waals surface area contributed by atoms with E-state index in [1.165, 1.54) is 13.3 Å². The van der Waals surface area contributed by atoms with Crippen molar-refractivity contribution in [2.45, 2.75) is 0 Å². The van der Waals surface area contributed by atoms with Crippen molar-refractivity contribution in [2.24, 2.45) is 5.10 Å². The Morgan fingerprint density at radius 1 is 1.23 bits per heavy atom. The molecule has 5 nitrogen and oxygen atoms in total. The monoisotopic (exact) mass is 318 g/mol. The number of methoxy groups -OCH3 is 1. The summed E-state index contributed by atoms with van der Waals surface area (Å²) in [4.78, 5) is 11.7. The smallest absolute Gasteiger partial charge is 0.277 e. The quantitative estimate of drug-likeness (QED) is 0.658. The van der Waals surface area contributed by atoms with Gasteiger partial charge in [0, 0.05) is 5.02 Å². The van der Waals surface area contributed by atoms with Gasteiger partial charge >= 0.3 is 0 Å². The van der Waals surface area contributed by atoms with Gasteiger partial charge in [0.2, 0.25) is 0 Å². The summed E-state index contributed by atoms with van der Waals surface area (Å²) in [6, 6.07) is 14.2. The summed E-state index contributed by atoms with van der Waals surface area (Å²) in [5.74, 6) is 0.695. The normalized spacial score (nSPS) is 10.5. The molecule has 0 aliphatic carbocycles. The van der Waals surface area contributed by atoms with Gasteiger partial charge in [-0.05, 0) is 29.8 Å². The van der Waals surface area contributed by atoms with Gasteiger partial charge in [-0.3, -0.25) is 4.79 Å². The van der Waals surface area contributed by atoms with Crippen LogP contribution in [0.2, 0.25) is 5.02 Å². The summed E-state index contributed by atoms with van der Waals surface area (Å²) >= 11 is 5.85. The molecular weight excluding hydrogens is 304 g/mol. The average molecular weight is 319 g/mol. The second kappa shape index (κ2) is 8.05. The zero-order valence-electron chi connectivity index (χ0n) is 12.0. The van der Waals surface area contributed by atoms with Gasteiger partial charge < -0.3 is 9.47 Å². The maximum atomic E-state index is 11.7. The Labute approximate surface area is 133 Å². The number of rotatable bonds is 6. The summed E-state index contributed by atoms with van der Waals surface area (Å²) in [7, 11) is 1.54. The first-order chi connectivity index (χ1) is 10.7. The van der Waals surface area contributed by atoms with Crippen molar-refractivity contribution in [1.29, 1.82) is 0 Å². The molecule has 0 saturated heterocycles. The molecule has 0 unspecified atom stereocenters. The summed E-state index contributed by atoms with van der Waals surface area (Å²) < 4.78 is 10.5. The number of nitrogens with one attached hydrogen (secondary N) is 1. The van der Waals surface area contributed by atoms with Gasteiger partial charge in [0.25, 0.3) is 5.91 Å². The van der Waals surface area contributed by atoms with Gasteiger partial charge in [-0.2, -0.15) is 5.10 Å². The number of halogens is 1. The van der Waals surface area contributed by atoms with Crippen molar-refractivity contribution >= 4 is 23.7 Å². The number of hydrogen-bond acceptors (Lipinski definition) is 4. The van der Waals surface area contributed by atoms with E-state index < -0.39 is 0 Å². The SMILES string of the molecule is COc1ccccc1OCC(=O)N/N=C/c1cccc(Cl)c1. The number of nitrogens with zero attached hydrogens (tertiary/aromatic N) is 1. The molecule has 0 radical (unpaired) electrons. The fourth-order valence-electron chi connectivity index (χ4n) is 1.68. The lowest BCUT2D eigenvalue weighted by molar-refractivity contribution is -0.123. The van der Waals surface area contributed by atoms with Crippen LogP contribution in [0.1, 0.15) is 5.56 Å². The van der Waals surface area contributed by atoms with Crippen molar-refractivity contribution in [3.8, 4) is 11.5 Å². The van der Waals surface area contributed by atoms with E-state index >= 15 is 0 Å². The standard InChI is InChI=1S/C16H15ClN2O3/c1-21-14-7-2-3-8-15(14)22-11-16(20)19-18-10-12-5-4-6-13(17)9-12/h2-10H,11H2,1H3,(H,19,20)/b18-10+. The fraction of sp³-hybridized carbons (Fsp3) is 0.125. The van der Waals surface area contributed by atoms with Crippen LogP contribution in [0.4, 0.5) is 0 Å². The maximum absolute atomic E-state index is 11.7. The van der Waals surface area contributed by atoms with E-state index in [1.807, 2.05) is 12.1 Å². The first kappa shape index (κ1) is 15.9. The zero-order valence-corrected chi connectivity index (χ0v) is 12.7. The third-order valence-electron chi connectivity index (χ3n) is 2.68. The Kier molecular flexibility index (Phi) is 5.80. The highest BCUT2D eigenvalue weighted by atomic mass is 35.5. The first-order valence-corrected chi connectivity index (χ1v) is 6.90. The van der Waals surface area contributed by atoms with Crippen molar-refractivity contribution in [3.05, 3.63) is 59.1 Å². The van der Waals surface area contributed by atoms with Crippen molar-refractivity contribution in [3.63, 3.8) is 0 Å². The molecule has 1 N–H and O–H groups in total. The Morgan fingerprint density at radius 2 is 2.00 bits per heavy atom. The summed E-state index contributed by atoms with van der Waals surface area (Å²) in [6.45, 7) is -0.159. The van der Waals surface area contributed by atoms with Gasteiger partial charge in [-0.25, -0.2) is 5.43 Å². The molecule has 22 heavy (non-hydrogen) atoms. The Balaban J connectivity index is 1.83. The van der Waals surface area contributed by atoms with Crippen molar-refractivity contribution in [2.75, 3.05) is 13.7 Å². The lowest BCUT2D eigenvalue weighted by atomic mass is 10.2. The van der Waals surface area contributed by atoms with E-state index in [0.717, 1.165) is 5.56 Å². The average Bonchev–Trinajstić information content (AvgIpc) is 2.53. The third-order valence-corrected chi connectivity index (χ3v) is 2.91. The minimum absolute atomic E-state index is 0.159. The van der Waals surface area contributed by atoms with E-state index in [0.29, 0.717) is 16.5 Å². The minimum atomic E-state index is -0.371. The van der Waals surface area contributed by atoms with E-state index in [-0.39, 0.29) is 12.5 Å². The molecule has 0 aromatic heterocycles. The van der Waals surface area contributed by atoms with Gasteiger partial charge in [0.05, 0.1) is 13.3 Å². The van der Waals surface area contributed by atoms with E-state index in [9.17, 15) is 4.79 Å². The zero-order chi connectivity index (χ0) is 15.8. The lowest BCUT2D eigenvalue weighted by Gasteiger charge is -2.09. The van der Waals surface area contributed by atoms with E-state index in [1.54, 1.807) is 36.4 Å². The number of carbonyl (C=O) groups excluding carboxylic acids is 1. The first-order valence-electron chi connectivity index (χ1n) is 6.52. The van der Waals surface area contributed by atoms with Crippen LogP contribution in [0.3, 0.4) is 0 Å². The second-order valence-electron chi connectivity index (χ2n) is 4.29. The molecule has 0 saturated carbocycles. The highest BCUT2D eigenvalue weighted by Crippen LogP contribution is 2.25. The topological polar surface area (TPSA) is 59.9 Å². The van der Waals surface area contributed by atoms with Gasteiger partial charge in [-0.15, -0.1) is 0 Å². The number of hydrazone groups is 1. The highest BCUT2D eigenvalue weighted by Gasteiger charge is 2.05. The van der Waals surface area contributed by atoms with Crippen LogP contribution in [0.15, 0.2) is 53.6 Å². The molecule has 0 spiro atoms. The van der Waals surface area contributed by atoms with Crippen LogP contribution in [-0.2, 0) is 4.79 Å². The Bertz CT molecular complexity index is 674. The molecule has 0 aliphatic heterocycles. The lowest BCUT2D eigenvalue weighted by Crippen LogP contribution is -2.24. The predicted molar refractivity (Wildman–Crippen MR) is 85.7 cm³/mol. The molecule has 0 fully saturated rings. The Hall–Kier alpha value is -2.53. The molecule has 0 bridgehead atoms. The molecule has 2 rings (SSSR count). The molecule has 2 aromatic rings. The minimum Gasteiger partial charge on any atom is -0.493 e. The number of benzene rings is 2. The fourth-order valence-corrected chi connectivity index (χ4v) is 1.88. The van der Waals surface area contributed by atoms with Crippen LogP contribution in [-0.4, -0.2) is 25.8 Å². The third kappa shape index (κ3) is 4.79.